The predicted molar refractivity (Wildman–Crippen MR) is 109 cm³/mol. The quantitative estimate of drug-likeness (QED) is 0.357. The van der Waals surface area contributed by atoms with Gasteiger partial charge in [0.1, 0.15) is 0 Å². The zero-order valence-electron chi connectivity index (χ0n) is 15.0. The summed E-state index contributed by atoms with van der Waals surface area (Å²) in [5, 5.41) is 1.18. The van der Waals surface area contributed by atoms with Gasteiger partial charge in [0, 0.05) is 11.5 Å². The first kappa shape index (κ1) is 18.4. The Balaban J connectivity index is 1.64. The summed E-state index contributed by atoms with van der Waals surface area (Å²) < 4.78 is 7.39. The molecule has 0 radical (unpaired) electrons. The molecule has 0 bridgehead atoms. The minimum absolute atomic E-state index is 0.0284. The molecule has 2 aromatic heterocycles. The highest BCUT2D eigenvalue weighted by Gasteiger charge is 2.21. The number of nitrogens with zero attached hydrogens (tertiary/aromatic N) is 2. The number of carbonyl (C=O) groups excluding carboxylic acids is 1. The molecule has 0 saturated carbocycles. The van der Waals surface area contributed by atoms with E-state index in [1.807, 2.05) is 37.3 Å². The Morgan fingerprint density at radius 1 is 1.33 bits per heavy atom. The highest BCUT2D eigenvalue weighted by molar-refractivity contribution is 7.99. The van der Waals surface area contributed by atoms with Crippen LogP contribution in [0.4, 0.5) is 0 Å². The van der Waals surface area contributed by atoms with Crippen LogP contribution in [0.15, 0.2) is 46.3 Å². The fourth-order valence-corrected chi connectivity index (χ4v) is 4.98. The average Bonchev–Trinajstić information content (AvgIpc) is 3.34. The van der Waals surface area contributed by atoms with Crippen LogP contribution >= 0.6 is 23.1 Å². The Kier molecular flexibility index (Phi) is 5.43. The standard InChI is InChI=1S/C20H20N2O3S2/c1-13-8-9-18(27-13)17(23)12-26-20-21-16-7-3-2-6-15(16)19(24)22(20)11-14-5-4-10-25-14/h2-3,6-9,14H,4-5,10-12H2,1H3/t14-/m1/s1. The van der Waals surface area contributed by atoms with Crippen LogP contribution in [0.5, 0.6) is 0 Å². The van der Waals surface area contributed by atoms with Gasteiger partial charge in [-0.05, 0) is 44.0 Å². The van der Waals surface area contributed by atoms with Gasteiger partial charge >= 0.3 is 0 Å². The molecule has 1 aliphatic heterocycles. The normalized spacial score (nSPS) is 16.9. The number of hydrogen-bond acceptors (Lipinski definition) is 6. The van der Waals surface area contributed by atoms with Crippen molar-refractivity contribution < 1.29 is 9.53 Å². The van der Waals surface area contributed by atoms with Crippen molar-refractivity contribution >= 4 is 39.8 Å². The van der Waals surface area contributed by atoms with Crippen molar-refractivity contribution in [3.63, 3.8) is 0 Å². The Bertz CT molecular complexity index is 1040. The van der Waals surface area contributed by atoms with Crippen molar-refractivity contribution in [3.8, 4) is 0 Å². The third kappa shape index (κ3) is 4.00. The van der Waals surface area contributed by atoms with Crippen molar-refractivity contribution in [2.75, 3.05) is 12.4 Å². The number of rotatable bonds is 6. The smallest absolute Gasteiger partial charge is 0.262 e. The molecule has 3 heterocycles. The first-order valence-electron chi connectivity index (χ1n) is 8.95. The topological polar surface area (TPSA) is 61.2 Å². The number of para-hydroxylation sites is 1. The summed E-state index contributed by atoms with van der Waals surface area (Å²) in [6.07, 6.45) is 1.98. The summed E-state index contributed by atoms with van der Waals surface area (Å²) in [5.74, 6) is 0.320. The Morgan fingerprint density at radius 2 is 2.19 bits per heavy atom. The molecule has 0 N–H and O–H groups in total. The van der Waals surface area contributed by atoms with Crippen LogP contribution in [0, 0.1) is 6.92 Å². The molecule has 0 aliphatic carbocycles. The van der Waals surface area contributed by atoms with Gasteiger partial charge < -0.3 is 4.74 Å². The van der Waals surface area contributed by atoms with E-state index in [0.29, 0.717) is 22.6 Å². The van der Waals surface area contributed by atoms with E-state index >= 15 is 0 Å². The Morgan fingerprint density at radius 3 is 2.93 bits per heavy atom. The van der Waals surface area contributed by atoms with Gasteiger partial charge in [0.2, 0.25) is 0 Å². The summed E-state index contributed by atoms with van der Waals surface area (Å²) in [6, 6.07) is 11.2. The van der Waals surface area contributed by atoms with Crippen LogP contribution in [0.25, 0.3) is 10.9 Å². The SMILES string of the molecule is Cc1ccc(C(=O)CSc2nc3ccccc3c(=O)n2C[C@H]2CCCO2)s1. The predicted octanol–water partition coefficient (Wildman–Crippen LogP) is 3.92. The Hall–Kier alpha value is -1.96. The number of fused-ring (bicyclic) bond motifs is 1. The molecule has 3 aromatic rings. The lowest BCUT2D eigenvalue weighted by atomic mass is 10.2. The number of ketones is 1. The van der Waals surface area contributed by atoms with E-state index < -0.39 is 0 Å². The zero-order valence-corrected chi connectivity index (χ0v) is 16.6. The van der Waals surface area contributed by atoms with Gasteiger partial charge in [-0.1, -0.05) is 23.9 Å². The van der Waals surface area contributed by atoms with E-state index in [-0.39, 0.29) is 23.2 Å². The van der Waals surface area contributed by atoms with Crippen LogP contribution in [-0.2, 0) is 11.3 Å². The molecule has 140 valence electrons. The molecule has 0 unspecified atom stereocenters. The second-order valence-electron chi connectivity index (χ2n) is 6.58. The van der Waals surface area contributed by atoms with E-state index in [1.165, 1.54) is 23.1 Å². The summed E-state index contributed by atoms with van der Waals surface area (Å²) >= 11 is 2.82. The largest absolute Gasteiger partial charge is 0.376 e. The highest BCUT2D eigenvalue weighted by Crippen LogP contribution is 2.23. The first-order valence-corrected chi connectivity index (χ1v) is 10.8. The van der Waals surface area contributed by atoms with Crippen molar-refractivity contribution in [3.05, 3.63) is 56.5 Å². The third-order valence-electron chi connectivity index (χ3n) is 4.58. The summed E-state index contributed by atoms with van der Waals surface area (Å²) in [7, 11) is 0. The van der Waals surface area contributed by atoms with E-state index in [4.69, 9.17) is 4.74 Å². The van der Waals surface area contributed by atoms with Crippen LogP contribution in [0.3, 0.4) is 0 Å². The van der Waals surface area contributed by atoms with Crippen molar-refractivity contribution in [1.29, 1.82) is 0 Å². The monoisotopic (exact) mass is 400 g/mol. The van der Waals surface area contributed by atoms with E-state index in [9.17, 15) is 9.59 Å². The van der Waals surface area contributed by atoms with Gasteiger partial charge in [-0.15, -0.1) is 11.3 Å². The van der Waals surface area contributed by atoms with Crippen LogP contribution in [0.2, 0.25) is 0 Å². The van der Waals surface area contributed by atoms with Crippen molar-refractivity contribution in [2.45, 2.75) is 37.6 Å². The number of thiophene rings is 1. The lowest BCUT2D eigenvalue weighted by Gasteiger charge is -2.16. The number of ether oxygens (including phenoxy) is 1. The van der Waals surface area contributed by atoms with Gasteiger partial charge in [-0.2, -0.15) is 0 Å². The van der Waals surface area contributed by atoms with Crippen LogP contribution in [-0.4, -0.2) is 33.8 Å². The van der Waals surface area contributed by atoms with Gasteiger partial charge in [-0.25, -0.2) is 4.98 Å². The van der Waals surface area contributed by atoms with Crippen LogP contribution in [0.1, 0.15) is 27.4 Å². The molecule has 1 fully saturated rings. The summed E-state index contributed by atoms with van der Waals surface area (Å²) in [5.41, 5.74) is 0.589. The lowest BCUT2D eigenvalue weighted by Crippen LogP contribution is -2.29. The molecule has 1 aromatic carbocycles. The zero-order chi connectivity index (χ0) is 18.8. The lowest BCUT2D eigenvalue weighted by molar-refractivity contribution is 0.0937. The minimum atomic E-state index is -0.0713. The maximum Gasteiger partial charge on any atom is 0.262 e. The fourth-order valence-electron chi connectivity index (χ4n) is 3.20. The number of hydrogen-bond donors (Lipinski definition) is 0. The molecule has 5 nitrogen and oxygen atoms in total. The second-order valence-corrected chi connectivity index (χ2v) is 8.81. The molecular formula is C20H20N2O3S2. The van der Waals surface area contributed by atoms with E-state index in [2.05, 4.69) is 4.98 Å². The van der Waals surface area contributed by atoms with Crippen LogP contribution < -0.4 is 5.56 Å². The number of Topliss-reactive ketones (excluding diaryl/α,β-unsaturated/α-hetero) is 1. The second kappa shape index (κ2) is 7.96. The summed E-state index contributed by atoms with van der Waals surface area (Å²) in [4.78, 5) is 32.0. The fraction of sp³-hybridized carbons (Fsp3) is 0.350. The molecule has 27 heavy (non-hydrogen) atoms. The number of benzene rings is 1. The highest BCUT2D eigenvalue weighted by atomic mass is 32.2. The van der Waals surface area contributed by atoms with Gasteiger partial charge in [-0.3, -0.25) is 14.2 Å². The third-order valence-corrected chi connectivity index (χ3v) is 6.60. The molecular weight excluding hydrogens is 380 g/mol. The van der Waals surface area contributed by atoms with Gasteiger partial charge in [0.15, 0.2) is 10.9 Å². The molecule has 1 saturated heterocycles. The molecule has 1 atom stereocenters. The average molecular weight is 401 g/mol. The van der Waals surface area contributed by atoms with Crippen molar-refractivity contribution in [1.82, 2.24) is 9.55 Å². The molecule has 0 spiro atoms. The molecule has 4 rings (SSSR count). The van der Waals surface area contributed by atoms with Gasteiger partial charge in [0.25, 0.3) is 5.56 Å². The maximum atomic E-state index is 13.0. The van der Waals surface area contributed by atoms with Crippen molar-refractivity contribution in [2.24, 2.45) is 0 Å². The van der Waals surface area contributed by atoms with E-state index in [1.54, 1.807) is 10.6 Å². The Labute approximate surface area is 165 Å². The number of aryl methyl sites for hydroxylation is 1. The molecule has 0 amide bonds. The minimum Gasteiger partial charge on any atom is -0.376 e. The number of carbonyl (C=O) groups is 1. The summed E-state index contributed by atoms with van der Waals surface area (Å²) in [6.45, 7) is 3.20. The van der Waals surface area contributed by atoms with E-state index in [0.717, 1.165) is 29.2 Å². The van der Waals surface area contributed by atoms with Gasteiger partial charge in [0.05, 0.1) is 34.2 Å². The number of thioether (sulfide) groups is 1. The first-order chi connectivity index (χ1) is 13.1. The maximum absolute atomic E-state index is 13.0. The molecule has 1 aliphatic rings. The number of aromatic nitrogens is 2. The molecule has 7 heteroatoms.